The van der Waals surface area contributed by atoms with Crippen LogP contribution in [0.2, 0.25) is 5.02 Å². The normalized spacial score (nSPS) is 16.0. The highest BCUT2D eigenvalue weighted by molar-refractivity contribution is 6.30. The van der Waals surface area contributed by atoms with Crippen LogP contribution in [-0.4, -0.2) is 65.7 Å². The zero-order chi connectivity index (χ0) is 24.4. The minimum atomic E-state index is -0.924. The van der Waals surface area contributed by atoms with E-state index in [4.69, 9.17) is 21.1 Å². The Labute approximate surface area is 199 Å². The topological polar surface area (TPSA) is 85.2 Å². The number of amides is 2. The van der Waals surface area contributed by atoms with Gasteiger partial charge in [-0.05, 0) is 25.1 Å². The Hall–Kier alpha value is -3.24. The first-order chi connectivity index (χ1) is 16.3. The minimum Gasteiger partial charge on any atom is -0.450 e. The van der Waals surface area contributed by atoms with Crippen molar-refractivity contribution in [2.75, 3.05) is 33.4 Å². The van der Waals surface area contributed by atoms with Gasteiger partial charge < -0.3 is 24.1 Å². The van der Waals surface area contributed by atoms with Gasteiger partial charge in [0.25, 0.3) is 5.91 Å². The Balaban J connectivity index is 1.76. The molecule has 0 bridgehead atoms. The maximum atomic E-state index is 15.1. The van der Waals surface area contributed by atoms with E-state index >= 15 is 8.78 Å². The van der Waals surface area contributed by atoms with E-state index in [9.17, 15) is 9.59 Å². The molecule has 1 fully saturated rings. The second-order valence-electron chi connectivity index (χ2n) is 7.72. The van der Waals surface area contributed by atoms with Gasteiger partial charge in [-0.1, -0.05) is 11.6 Å². The molecule has 11 heteroatoms. The molecule has 2 aromatic heterocycles. The van der Waals surface area contributed by atoms with Gasteiger partial charge in [0.05, 0.1) is 42.8 Å². The van der Waals surface area contributed by atoms with Crippen LogP contribution in [0.15, 0.2) is 30.5 Å². The van der Waals surface area contributed by atoms with Gasteiger partial charge in [-0.15, -0.1) is 0 Å². The molecule has 1 saturated heterocycles. The van der Waals surface area contributed by atoms with E-state index < -0.39 is 29.7 Å². The molecule has 0 saturated carbocycles. The molecule has 1 aromatic carbocycles. The fourth-order valence-electron chi connectivity index (χ4n) is 3.98. The molecule has 4 rings (SSSR count). The quantitative estimate of drug-likeness (QED) is 0.587. The number of hydrogen-bond acceptors (Lipinski definition) is 5. The molecule has 0 radical (unpaired) electrons. The molecule has 0 spiro atoms. The van der Waals surface area contributed by atoms with Crippen LogP contribution in [0.3, 0.4) is 0 Å². The second kappa shape index (κ2) is 9.94. The van der Waals surface area contributed by atoms with Gasteiger partial charge in [-0.25, -0.2) is 18.6 Å². The van der Waals surface area contributed by atoms with Crippen molar-refractivity contribution in [3.63, 3.8) is 0 Å². The number of carbonyl (C=O) groups is 2. The van der Waals surface area contributed by atoms with Crippen molar-refractivity contribution < 1.29 is 27.8 Å². The van der Waals surface area contributed by atoms with Crippen molar-refractivity contribution in [1.82, 2.24) is 19.6 Å². The van der Waals surface area contributed by atoms with Crippen LogP contribution in [0.25, 0.3) is 16.9 Å². The van der Waals surface area contributed by atoms with Crippen LogP contribution in [0.5, 0.6) is 0 Å². The molecule has 3 heterocycles. The van der Waals surface area contributed by atoms with E-state index in [0.29, 0.717) is 29.5 Å². The van der Waals surface area contributed by atoms with Crippen LogP contribution < -0.4 is 5.32 Å². The van der Waals surface area contributed by atoms with Gasteiger partial charge in [-0.2, -0.15) is 0 Å². The van der Waals surface area contributed by atoms with Gasteiger partial charge in [-0.3, -0.25) is 4.79 Å². The predicted molar refractivity (Wildman–Crippen MR) is 121 cm³/mol. The molecule has 1 atom stereocenters. The predicted octanol–water partition coefficient (Wildman–Crippen LogP) is 3.69. The maximum absolute atomic E-state index is 15.1. The van der Waals surface area contributed by atoms with Crippen LogP contribution in [0.1, 0.15) is 23.0 Å². The number of fused-ring (bicyclic) bond motifs is 1. The Morgan fingerprint density at radius 2 is 2.03 bits per heavy atom. The molecular formula is C23H23ClF2N4O4. The monoisotopic (exact) mass is 492 g/mol. The van der Waals surface area contributed by atoms with E-state index in [1.165, 1.54) is 11.9 Å². The number of benzene rings is 1. The fraction of sp³-hybridized carbons (Fsp3) is 0.348. The van der Waals surface area contributed by atoms with Gasteiger partial charge in [0.2, 0.25) is 0 Å². The summed E-state index contributed by atoms with van der Waals surface area (Å²) in [5.74, 6) is -2.46. The summed E-state index contributed by atoms with van der Waals surface area (Å²) >= 11 is 6.11. The number of hydrogen-bond donors (Lipinski definition) is 1. The van der Waals surface area contributed by atoms with E-state index in [1.54, 1.807) is 29.7 Å². The summed E-state index contributed by atoms with van der Waals surface area (Å²) in [6.45, 7) is 2.91. The molecule has 0 aliphatic carbocycles. The maximum Gasteiger partial charge on any atom is 0.409 e. The van der Waals surface area contributed by atoms with E-state index in [0.717, 1.165) is 12.1 Å². The summed E-state index contributed by atoms with van der Waals surface area (Å²) < 4.78 is 42.8. The molecule has 0 unspecified atom stereocenters. The first-order valence-electron chi connectivity index (χ1n) is 10.7. The Bertz CT molecular complexity index is 1230. The lowest BCUT2D eigenvalue weighted by Crippen LogP contribution is -2.46. The molecule has 1 aliphatic rings. The molecule has 8 nitrogen and oxygen atoms in total. The summed E-state index contributed by atoms with van der Waals surface area (Å²) in [6.07, 6.45) is 0.973. The van der Waals surface area contributed by atoms with E-state index in [2.05, 4.69) is 10.3 Å². The first-order valence-corrected chi connectivity index (χ1v) is 11.1. The lowest BCUT2D eigenvalue weighted by atomic mass is 10.0. The number of halogens is 3. The summed E-state index contributed by atoms with van der Waals surface area (Å²) in [7, 11) is 1.37. The largest absolute Gasteiger partial charge is 0.450 e. The third-order valence-electron chi connectivity index (χ3n) is 5.54. The van der Waals surface area contributed by atoms with E-state index in [-0.39, 0.29) is 36.4 Å². The van der Waals surface area contributed by atoms with Crippen LogP contribution in [0.4, 0.5) is 13.6 Å². The zero-order valence-corrected chi connectivity index (χ0v) is 19.4. The molecule has 2 amide bonds. The summed E-state index contributed by atoms with van der Waals surface area (Å²) in [4.78, 5) is 30.0. The number of carbonyl (C=O) groups excluding carboxylic acids is 2. The third-order valence-corrected chi connectivity index (χ3v) is 5.78. The number of nitrogens with one attached hydrogen (secondary N) is 1. The molecule has 34 heavy (non-hydrogen) atoms. The standard InChI is InChI=1S/C23H23ClF2N4O4/c1-3-33-23(32)29-6-7-34-15(12-29)11-18-21(28-19-10-14(24)4-5-30(18)19)20-16(25)8-13(9-17(20)26)22(31)27-2/h4-5,8-10,15H,3,6-7,11-12H2,1-2H3,(H,27,31)/t15-/m0/s1. The highest BCUT2D eigenvalue weighted by atomic mass is 35.5. The van der Waals surface area contributed by atoms with Crippen molar-refractivity contribution >= 4 is 29.2 Å². The SMILES string of the molecule is CCOC(=O)N1CCO[C@@H](Cc2c(-c3c(F)cc(C(=O)NC)cc3F)nc3cc(Cl)ccn23)C1. The number of aromatic nitrogens is 2. The summed E-state index contributed by atoms with van der Waals surface area (Å²) in [6, 6.07) is 5.16. The van der Waals surface area contributed by atoms with Crippen molar-refractivity contribution in [3.8, 4) is 11.3 Å². The number of pyridine rings is 1. The highest BCUT2D eigenvalue weighted by Gasteiger charge is 2.29. The second-order valence-corrected chi connectivity index (χ2v) is 8.15. The Morgan fingerprint density at radius 3 is 2.71 bits per heavy atom. The Kier molecular flexibility index (Phi) is 6.99. The van der Waals surface area contributed by atoms with Crippen LogP contribution in [0, 0.1) is 11.6 Å². The Morgan fingerprint density at radius 1 is 1.29 bits per heavy atom. The van der Waals surface area contributed by atoms with Gasteiger partial charge >= 0.3 is 6.09 Å². The van der Waals surface area contributed by atoms with Gasteiger partial charge in [0.1, 0.15) is 17.3 Å². The number of imidazole rings is 1. The molecule has 1 aliphatic heterocycles. The van der Waals surface area contributed by atoms with Gasteiger partial charge in [0.15, 0.2) is 0 Å². The van der Waals surface area contributed by atoms with Crippen molar-refractivity contribution in [1.29, 1.82) is 0 Å². The number of morpholine rings is 1. The molecule has 3 aromatic rings. The zero-order valence-electron chi connectivity index (χ0n) is 18.6. The average Bonchev–Trinajstić information content (AvgIpc) is 3.15. The first kappa shape index (κ1) is 23.9. The van der Waals surface area contributed by atoms with Crippen molar-refractivity contribution in [2.24, 2.45) is 0 Å². The smallest absolute Gasteiger partial charge is 0.409 e. The molecule has 180 valence electrons. The fourth-order valence-corrected chi connectivity index (χ4v) is 4.13. The van der Waals surface area contributed by atoms with Crippen LogP contribution in [-0.2, 0) is 15.9 Å². The van der Waals surface area contributed by atoms with Crippen LogP contribution >= 0.6 is 11.6 Å². The van der Waals surface area contributed by atoms with Crippen molar-refractivity contribution in [2.45, 2.75) is 19.4 Å². The minimum absolute atomic E-state index is 0.0672. The molecular weight excluding hydrogens is 470 g/mol. The number of ether oxygens (including phenoxy) is 2. The third kappa shape index (κ3) is 4.69. The van der Waals surface area contributed by atoms with Gasteiger partial charge in [0, 0.05) is 42.9 Å². The summed E-state index contributed by atoms with van der Waals surface area (Å²) in [5.41, 5.74) is 0.436. The molecule has 1 N–H and O–H groups in total. The number of rotatable bonds is 5. The van der Waals surface area contributed by atoms with Crippen molar-refractivity contribution in [3.05, 3.63) is 58.4 Å². The highest BCUT2D eigenvalue weighted by Crippen LogP contribution is 2.32. The number of nitrogens with zero attached hydrogens (tertiary/aromatic N) is 3. The lowest BCUT2D eigenvalue weighted by molar-refractivity contribution is -0.0262. The average molecular weight is 493 g/mol. The lowest BCUT2D eigenvalue weighted by Gasteiger charge is -2.32. The summed E-state index contributed by atoms with van der Waals surface area (Å²) in [5, 5.41) is 2.76. The van der Waals surface area contributed by atoms with E-state index in [1.807, 2.05) is 0 Å².